The summed E-state index contributed by atoms with van der Waals surface area (Å²) in [4.78, 5) is 12.4. The van der Waals surface area contributed by atoms with E-state index >= 15 is 0 Å². The van der Waals surface area contributed by atoms with Crippen LogP contribution in [0.4, 0.5) is 21.6 Å². The van der Waals surface area contributed by atoms with Gasteiger partial charge in [0.1, 0.15) is 5.82 Å². The number of hydrogen-bond acceptors (Lipinski definition) is 6. The number of methoxy groups -OCH3 is 1. The lowest BCUT2D eigenvalue weighted by molar-refractivity contribution is 0.198. The lowest BCUT2D eigenvalue weighted by atomic mass is 10.2. The molecule has 2 N–H and O–H groups in total. The van der Waals surface area contributed by atoms with Crippen molar-refractivity contribution < 1.29 is 9.13 Å². The van der Waals surface area contributed by atoms with Crippen LogP contribution in [0.2, 0.25) is 5.02 Å². The highest BCUT2D eigenvalue weighted by Gasteiger charge is 2.11. The number of benzene rings is 1. The number of nitrogens with zero attached hydrogens (tertiary/aromatic N) is 3. The van der Waals surface area contributed by atoms with Crippen molar-refractivity contribution in [1.82, 2.24) is 15.0 Å². The minimum Gasteiger partial charge on any atom is -0.385 e. The highest BCUT2D eigenvalue weighted by atomic mass is 35.5. The van der Waals surface area contributed by atoms with E-state index in [-0.39, 0.29) is 5.56 Å². The maximum Gasteiger partial charge on any atom is 0.222 e. The Bertz CT molecular complexity index is 909. The van der Waals surface area contributed by atoms with Gasteiger partial charge in [-0.05, 0) is 30.7 Å². The van der Waals surface area contributed by atoms with E-state index < -0.39 is 5.95 Å². The third kappa shape index (κ3) is 5.35. The molecule has 3 aromatic rings. The molecule has 0 spiro atoms. The zero-order valence-corrected chi connectivity index (χ0v) is 15.5. The molecule has 140 valence electrons. The van der Waals surface area contributed by atoms with E-state index in [2.05, 4.69) is 25.6 Å². The fraction of sp³-hybridized carbons (Fsp3) is 0.211. The Morgan fingerprint density at radius 2 is 2.04 bits per heavy atom. The summed E-state index contributed by atoms with van der Waals surface area (Å²) in [6, 6.07) is 8.89. The summed E-state index contributed by atoms with van der Waals surface area (Å²) in [5.74, 6) is -0.126. The molecule has 0 saturated carbocycles. The smallest absolute Gasteiger partial charge is 0.222 e. The Labute approximate surface area is 161 Å². The first-order valence-corrected chi connectivity index (χ1v) is 8.77. The molecule has 6 nitrogen and oxygen atoms in total. The number of anilines is 3. The van der Waals surface area contributed by atoms with Crippen LogP contribution in [0.5, 0.6) is 0 Å². The van der Waals surface area contributed by atoms with Gasteiger partial charge in [-0.25, -0.2) is 9.97 Å². The van der Waals surface area contributed by atoms with Gasteiger partial charge in [-0.1, -0.05) is 17.7 Å². The molecule has 0 aliphatic heterocycles. The van der Waals surface area contributed by atoms with Crippen LogP contribution >= 0.6 is 11.6 Å². The summed E-state index contributed by atoms with van der Waals surface area (Å²) < 4.78 is 19.3. The Hall–Kier alpha value is -2.77. The topological polar surface area (TPSA) is 72.0 Å². The molecule has 0 unspecified atom stereocenters. The van der Waals surface area contributed by atoms with Crippen LogP contribution in [0.1, 0.15) is 6.42 Å². The molecule has 0 amide bonds. The van der Waals surface area contributed by atoms with Crippen LogP contribution in [0.25, 0.3) is 11.3 Å². The molecule has 0 atom stereocenters. The van der Waals surface area contributed by atoms with Crippen molar-refractivity contribution in [1.29, 1.82) is 0 Å². The molecule has 1 aromatic carbocycles. The molecule has 0 fully saturated rings. The van der Waals surface area contributed by atoms with Crippen molar-refractivity contribution in [2.45, 2.75) is 6.42 Å². The summed E-state index contributed by atoms with van der Waals surface area (Å²) in [5, 5.41) is 6.90. The van der Waals surface area contributed by atoms with Crippen LogP contribution in [-0.2, 0) is 4.74 Å². The number of ether oxygens (including phenoxy) is 1. The fourth-order valence-corrected chi connectivity index (χ4v) is 2.63. The van der Waals surface area contributed by atoms with Crippen molar-refractivity contribution >= 4 is 28.8 Å². The van der Waals surface area contributed by atoms with E-state index in [0.29, 0.717) is 35.4 Å². The molecule has 0 aliphatic carbocycles. The van der Waals surface area contributed by atoms with Gasteiger partial charge in [-0.15, -0.1) is 0 Å². The largest absolute Gasteiger partial charge is 0.385 e. The first kappa shape index (κ1) is 19.0. The van der Waals surface area contributed by atoms with Crippen molar-refractivity contribution in [3.63, 3.8) is 0 Å². The maximum absolute atomic E-state index is 14.2. The van der Waals surface area contributed by atoms with Gasteiger partial charge >= 0.3 is 0 Å². The first-order chi connectivity index (χ1) is 13.2. The molecule has 8 heteroatoms. The number of hydrogen-bond donors (Lipinski definition) is 2. The van der Waals surface area contributed by atoms with Crippen molar-refractivity contribution in [2.75, 3.05) is 30.9 Å². The Balaban J connectivity index is 1.79. The average Bonchev–Trinajstić information content (AvgIpc) is 2.67. The van der Waals surface area contributed by atoms with Crippen LogP contribution < -0.4 is 10.6 Å². The number of rotatable bonds is 8. The zero-order valence-electron chi connectivity index (χ0n) is 14.7. The van der Waals surface area contributed by atoms with Gasteiger partial charge in [0.2, 0.25) is 5.95 Å². The van der Waals surface area contributed by atoms with Gasteiger partial charge in [0.15, 0.2) is 0 Å². The van der Waals surface area contributed by atoms with E-state index in [1.54, 1.807) is 31.5 Å². The first-order valence-electron chi connectivity index (χ1n) is 8.39. The molecule has 2 aromatic heterocycles. The summed E-state index contributed by atoms with van der Waals surface area (Å²) in [5.41, 5.74) is 2.13. The third-order valence-corrected chi connectivity index (χ3v) is 3.94. The second kappa shape index (κ2) is 9.25. The second-order valence-corrected chi connectivity index (χ2v) is 6.20. The highest BCUT2D eigenvalue weighted by molar-refractivity contribution is 6.30. The SMILES string of the molecule is COCCCNc1cnc(F)c(-c2cncc(Nc3cccc(Cl)c3)n2)c1. The zero-order chi connectivity index (χ0) is 19.1. The molecule has 0 bridgehead atoms. The van der Waals surface area contributed by atoms with E-state index in [1.165, 1.54) is 12.4 Å². The Morgan fingerprint density at radius 3 is 2.85 bits per heavy atom. The van der Waals surface area contributed by atoms with Crippen molar-refractivity contribution in [2.24, 2.45) is 0 Å². The van der Waals surface area contributed by atoms with E-state index in [0.717, 1.165) is 12.1 Å². The lowest BCUT2D eigenvalue weighted by Crippen LogP contribution is -2.06. The van der Waals surface area contributed by atoms with Crippen LogP contribution in [0, 0.1) is 5.95 Å². The predicted octanol–water partition coefficient (Wildman–Crippen LogP) is 4.52. The number of pyridine rings is 1. The maximum atomic E-state index is 14.2. The van der Waals surface area contributed by atoms with Gasteiger partial charge in [-0.2, -0.15) is 4.39 Å². The molecular formula is C19H19ClFN5O. The fourth-order valence-electron chi connectivity index (χ4n) is 2.44. The molecule has 0 saturated heterocycles. The molecule has 2 heterocycles. The average molecular weight is 388 g/mol. The second-order valence-electron chi connectivity index (χ2n) is 5.76. The van der Waals surface area contributed by atoms with Crippen LogP contribution in [-0.4, -0.2) is 35.2 Å². The van der Waals surface area contributed by atoms with Crippen LogP contribution in [0.15, 0.2) is 48.9 Å². The van der Waals surface area contributed by atoms with E-state index in [4.69, 9.17) is 16.3 Å². The third-order valence-electron chi connectivity index (χ3n) is 3.70. The Kier molecular flexibility index (Phi) is 6.51. The standard InChI is InChI=1S/C19H19ClFN5O/c1-27-7-3-6-23-15-9-16(19(21)24-10-15)17-11-22-12-18(26-17)25-14-5-2-4-13(20)8-14/h2,4-5,8-12,23H,3,6-7H2,1H3,(H,25,26). The molecular weight excluding hydrogens is 369 g/mol. The monoisotopic (exact) mass is 387 g/mol. The number of nitrogens with one attached hydrogen (secondary N) is 2. The predicted molar refractivity (Wildman–Crippen MR) is 105 cm³/mol. The summed E-state index contributed by atoms with van der Waals surface area (Å²) >= 11 is 5.99. The van der Waals surface area contributed by atoms with Crippen molar-refractivity contribution in [3.8, 4) is 11.3 Å². The lowest BCUT2D eigenvalue weighted by Gasteiger charge is -2.10. The molecule has 0 aliphatic rings. The van der Waals surface area contributed by atoms with Crippen LogP contribution in [0.3, 0.4) is 0 Å². The summed E-state index contributed by atoms with van der Waals surface area (Å²) in [6.45, 7) is 1.35. The van der Waals surface area contributed by atoms with Gasteiger partial charge in [-0.3, -0.25) is 4.98 Å². The summed E-state index contributed by atoms with van der Waals surface area (Å²) in [6.07, 6.45) is 5.34. The number of aromatic nitrogens is 3. The normalized spacial score (nSPS) is 10.6. The van der Waals surface area contributed by atoms with Gasteiger partial charge in [0, 0.05) is 31.0 Å². The number of halogens is 2. The van der Waals surface area contributed by atoms with Crippen molar-refractivity contribution in [3.05, 3.63) is 59.9 Å². The molecule has 0 radical (unpaired) electrons. The quantitative estimate of drug-likeness (QED) is 0.437. The van der Waals surface area contributed by atoms with Gasteiger partial charge < -0.3 is 15.4 Å². The molecule has 3 rings (SSSR count). The minimum absolute atomic E-state index is 0.272. The summed E-state index contributed by atoms with van der Waals surface area (Å²) in [7, 11) is 1.65. The van der Waals surface area contributed by atoms with E-state index in [1.807, 2.05) is 12.1 Å². The molecule has 27 heavy (non-hydrogen) atoms. The minimum atomic E-state index is -0.605. The van der Waals surface area contributed by atoms with Gasteiger partial charge in [0.25, 0.3) is 0 Å². The van der Waals surface area contributed by atoms with E-state index in [9.17, 15) is 4.39 Å². The highest BCUT2D eigenvalue weighted by Crippen LogP contribution is 2.25. The Morgan fingerprint density at radius 1 is 1.15 bits per heavy atom. The van der Waals surface area contributed by atoms with Gasteiger partial charge in [0.05, 0.1) is 35.5 Å².